The van der Waals surface area contributed by atoms with Crippen LogP contribution in [0, 0.1) is 0 Å². The molecule has 0 spiro atoms. The van der Waals surface area contributed by atoms with Crippen LogP contribution in [-0.2, 0) is 17.8 Å². The number of ether oxygens (including phenoxy) is 2. The van der Waals surface area contributed by atoms with E-state index in [0.717, 1.165) is 54.4 Å². The number of carbonyl (C=O) groups is 1. The number of aromatic nitrogens is 2. The van der Waals surface area contributed by atoms with E-state index in [9.17, 15) is 4.79 Å². The second kappa shape index (κ2) is 8.72. The number of methoxy groups -OCH3 is 1. The molecule has 0 unspecified atom stereocenters. The fourth-order valence-electron chi connectivity index (χ4n) is 3.42. The SMILES string of the molecule is COc1cccc2c(C(=O)NCc3cccs3)nn(CCN3CCOCC3)c12. The monoisotopic (exact) mass is 400 g/mol. The molecule has 1 aliphatic heterocycles. The highest BCUT2D eigenvalue weighted by atomic mass is 32.1. The molecule has 8 heteroatoms. The summed E-state index contributed by atoms with van der Waals surface area (Å²) in [5.74, 6) is 0.557. The van der Waals surface area contributed by atoms with Crippen LogP contribution in [0.5, 0.6) is 5.75 Å². The second-order valence-corrected chi connectivity index (χ2v) is 7.68. The van der Waals surface area contributed by atoms with Crippen LogP contribution in [0.15, 0.2) is 35.7 Å². The Kier molecular flexibility index (Phi) is 5.90. The lowest BCUT2D eigenvalue weighted by molar-refractivity contribution is 0.0361. The van der Waals surface area contributed by atoms with Gasteiger partial charge in [0.25, 0.3) is 5.91 Å². The highest BCUT2D eigenvalue weighted by Crippen LogP contribution is 2.28. The van der Waals surface area contributed by atoms with Crippen molar-refractivity contribution in [2.75, 3.05) is 40.0 Å². The number of amides is 1. The zero-order chi connectivity index (χ0) is 19.3. The van der Waals surface area contributed by atoms with Crippen LogP contribution in [0.2, 0.25) is 0 Å². The lowest BCUT2D eigenvalue weighted by Crippen LogP contribution is -2.38. The largest absolute Gasteiger partial charge is 0.494 e. The number of carbonyl (C=O) groups excluding carboxylic acids is 1. The van der Waals surface area contributed by atoms with Crippen molar-refractivity contribution >= 4 is 28.1 Å². The summed E-state index contributed by atoms with van der Waals surface area (Å²) in [6.45, 7) is 5.42. The summed E-state index contributed by atoms with van der Waals surface area (Å²) in [6.07, 6.45) is 0. The lowest BCUT2D eigenvalue weighted by Gasteiger charge is -2.26. The summed E-state index contributed by atoms with van der Waals surface area (Å²) >= 11 is 1.62. The number of morpholine rings is 1. The third kappa shape index (κ3) is 4.04. The van der Waals surface area contributed by atoms with Crippen LogP contribution < -0.4 is 10.1 Å². The Balaban J connectivity index is 1.58. The molecule has 7 nitrogen and oxygen atoms in total. The number of thiophene rings is 1. The Morgan fingerprint density at radius 3 is 2.86 bits per heavy atom. The number of nitrogens with zero attached hydrogens (tertiary/aromatic N) is 3. The summed E-state index contributed by atoms with van der Waals surface area (Å²) < 4.78 is 12.9. The molecule has 3 heterocycles. The van der Waals surface area contributed by atoms with E-state index < -0.39 is 0 Å². The molecule has 0 bridgehead atoms. The number of para-hydroxylation sites is 1. The highest BCUT2D eigenvalue weighted by molar-refractivity contribution is 7.09. The molecule has 0 radical (unpaired) electrons. The summed E-state index contributed by atoms with van der Waals surface area (Å²) in [6, 6.07) is 9.71. The number of nitrogens with one attached hydrogen (secondary N) is 1. The zero-order valence-corrected chi connectivity index (χ0v) is 16.7. The number of rotatable bonds is 7. The third-order valence-corrected chi connectivity index (χ3v) is 5.78. The van der Waals surface area contributed by atoms with E-state index in [4.69, 9.17) is 9.47 Å². The van der Waals surface area contributed by atoms with E-state index in [1.807, 2.05) is 40.4 Å². The normalized spacial score (nSPS) is 15.0. The first-order valence-corrected chi connectivity index (χ1v) is 10.3. The fraction of sp³-hybridized carbons (Fsp3) is 0.400. The number of hydrogen-bond donors (Lipinski definition) is 1. The Morgan fingerprint density at radius 2 is 2.11 bits per heavy atom. The summed E-state index contributed by atoms with van der Waals surface area (Å²) in [5, 5.41) is 10.4. The summed E-state index contributed by atoms with van der Waals surface area (Å²) in [4.78, 5) is 16.3. The smallest absolute Gasteiger partial charge is 0.272 e. The van der Waals surface area contributed by atoms with Gasteiger partial charge in [0.2, 0.25) is 0 Å². The van der Waals surface area contributed by atoms with Gasteiger partial charge in [-0.25, -0.2) is 0 Å². The first-order valence-electron chi connectivity index (χ1n) is 9.40. The topological polar surface area (TPSA) is 68.6 Å². The zero-order valence-electron chi connectivity index (χ0n) is 15.9. The average molecular weight is 401 g/mol. The van der Waals surface area contributed by atoms with E-state index in [0.29, 0.717) is 18.8 Å². The van der Waals surface area contributed by atoms with Crippen molar-refractivity contribution in [3.63, 3.8) is 0 Å². The van der Waals surface area contributed by atoms with Crippen molar-refractivity contribution in [3.05, 3.63) is 46.3 Å². The minimum absolute atomic E-state index is 0.170. The van der Waals surface area contributed by atoms with Crippen LogP contribution in [0.25, 0.3) is 10.9 Å². The van der Waals surface area contributed by atoms with Gasteiger partial charge in [-0.15, -0.1) is 11.3 Å². The van der Waals surface area contributed by atoms with Crippen molar-refractivity contribution in [2.24, 2.45) is 0 Å². The molecule has 2 aromatic heterocycles. The predicted octanol–water partition coefficient (Wildman–Crippen LogP) is 2.37. The predicted molar refractivity (Wildman–Crippen MR) is 109 cm³/mol. The molecule has 1 saturated heterocycles. The molecule has 1 aromatic carbocycles. The molecule has 0 aliphatic carbocycles. The Hall–Kier alpha value is -2.42. The molecule has 1 amide bonds. The molecular formula is C20H24N4O3S. The molecular weight excluding hydrogens is 376 g/mol. The molecule has 0 atom stereocenters. The Labute approximate surface area is 167 Å². The molecule has 4 rings (SSSR count). The minimum Gasteiger partial charge on any atom is -0.494 e. The van der Waals surface area contributed by atoms with Gasteiger partial charge in [-0.05, 0) is 17.5 Å². The van der Waals surface area contributed by atoms with Crippen LogP contribution in [0.4, 0.5) is 0 Å². The van der Waals surface area contributed by atoms with Crippen molar-refractivity contribution in [1.82, 2.24) is 20.0 Å². The standard InChI is InChI=1S/C20H24N4O3S/c1-26-17-6-2-5-16-18(20(25)21-14-15-4-3-13-28-15)22-24(19(16)17)8-7-23-9-11-27-12-10-23/h2-6,13H,7-12,14H2,1H3,(H,21,25). The maximum Gasteiger partial charge on any atom is 0.272 e. The molecule has 1 fully saturated rings. The highest BCUT2D eigenvalue weighted by Gasteiger charge is 2.20. The summed E-state index contributed by atoms with van der Waals surface area (Å²) in [7, 11) is 1.64. The van der Waals surface area contributed by atoms with Gasteiger partial charge in [0.05, 0.1) is 33.4 Å². The first kappa shape index (κ1) is 18.9. The van der Waals surface area contributed by atoms with Crippen LogP contribution >= 0.6 is 11.3 Å². The Bertz CT molecular complexity index is 932. The minimum atomic E-state index is -0.170. The molecule has 28 heavy (non-hydrogen) atoms. The van der Waals surface area contributed by atoms with E-state index in [-0.39, 0.29) is 5.91 Å². The number of hydrogen-bond acceptors (Lipinski definition) is 6. The quantitative estimate of drug-likeness (QED) is 0.659. The summed E-state index contributed by atoms with van der Waals surface area (Å²) in [5.41, 5.74) is 1.30. The van der Waals surface area contributed by atoms with Crippen molar-refractivity contribution in [2.45, 2.75) is 13.1 Å². The Morgan fingerprint density at radius 1 is 1.25 bits per heavy atom. The maximum absolute atomic E-state index is 12.8. The first-order chi connectivity index (χ1) is 13.8. The van der Waals surface area contributed by atoms with Gasteiger partial charge in [0.1, 0.15) is 11.3 Å². The van der Waals surface area contributed by atoms with Gasteiger partial charge < -0.3 is 14.8 Å². The van der Waals surface area contributed by atoms with Crippen LogP contribution in [0.3, 0.4) is 0 Å². The maximum atomic E-state index is 12.8. The van der Waals surface area contributed by atoms with Crippen LogP contribution in [-0.4, -0.2) is 60.5 Å². The molecule has 1 aliphatic rings. The van der Waals surface area contributed by atoms with Gasteiger partial charge in [-0.1, -0.05) is 18.2 Å². The van der Waals surface area contributed by atoms with Gasteiger partial charge in [-0.3, -0.25) is 14.4 Å². The van der Waals surface area contributed by atoms with Gasteiger partial charge in [0, 0.05) is 29.9 Å². The van der Waals surface area contributed by atoms with Crippen molar-refractivity contribution in [1.29, 1.82) is 0 Å². The van der Waals surface area contributed by atoms with Gasteiger partial charge in [-0.2, -0.15) is 5.10 Å². The van der Waals surface area contributed by atoms with E-state index in [1.54, 1.807) is 18.4 Å². The van der Waals surface area contributed by atoms with E-state index in [1.165, 1.54) is 0 Å². The fourth-order valence-corrected chi connectivity index (χ4v) is 4.07. The molecule has 3 aromatic rings. The second-order valence-electron chi connectivity index (χ2n) is 6.64. The molecule has 148 valence electrons. The van der Waals surface area contributed by atoms with Crippen molar-refractivity contribution in [3.8, 4) is 5.75 Å². The number of benzene rings is 1. The van der Waals surface area contributed by atoms with Crippen molar-refractivity contribution < 1.29 is 14.3 Å². The van der Waals surface area contributed by atoms with E-state index >= 15 is 0 Å². The molecule has 1 N–H and O–H groups in total. The number of fused-ring (bicyclic) bond motifs is 1. The van der Waals surface area contributed by atoms with Gasteiger partial charge >= 0.3 is 0 Å². The third-order valence-electron chi connectivity index (χ3n) is 4.90. The lowest BCUT2D eigenvalue weighted by atomic mass is 10.2. The van der Waals surface area contributed by atoms with Crippen LogP contribution in [0.1, 0.15) is 15.4 Å². The van der Waals surface area contributed by atoms with E-state index in [2.05, 4.69) is 15.3 Å². The van der Waals surface area contributed by atoms with Gasteiger partial charge in [0.15, 0.2) is 5.69 Å². The average Bonchev–Trinajstić information content (AvgIpc) is 3.39. The molecule has 0 saturated carbocycles.